The van der Waals surface area contributed by atoms with Crippen molar-refractivity contribution < 1.29 is 22.7 Å². The molecule has 3 aromatic carbocycles. The molecule has 4 rings (SSSR count). The van der Waals surface area contributed by atoms with Gasteiger partial charge in [0.05, 0.1) is 7.11 Å². The molecule has 4 nitrogen and oxygen atoms in total. The Morgan fingerprint density at radius 2 is 1.58 bits per heavy atom. The zero-order chi connectivity index (χ0) is 23.4. The third-order valence-electron chi connectivity index (χ3n) is 5.99. The van der Waals surface area contributed by atoms with Gasteiger partial charge in [0.25, 0.3) is 5.91 Å². The monoisotopic (exact) mass is 454 g/mol. The van der Waals surface area contributed by atoms with Crippen LogP contribution in [0.1, 0.15) is 28.8 Å². The van der Waals surface area contributed by atoms with Crippen LogP contribution in [0.2, 0.25) is 0 Å². The summed E-state index contributed by atoms with van der Waals surface area (Å²) in [6.07, 6.45) is 1.34. The molecular weight excluding hydrogens is 429 g/mol. The van der Waals surface area contributed by atoms with Gasteiger partial charge in [0, 0.05) is 48.6 Å². The van der Waals surface area contributed by atoms with Crippen LogP contribution in [-0.2, 0) is 6.54 Å². The van der Waals surface area contributed by atoms with Crippen LogP contribution in [0.15, 0.2) is 66.7 Å². The van der Waals surface area contributed by atoms with Crippen LogP contribution < -0.4 is 9.64 Å². The van der Waals surface area contributed by atoms with E-state index in [0.717, 1.165) is 6.07 Å². The number of methoxy groups -OCH3 is 1. The zero-order valence-corrected chi connectivity index (χ0v) is 18.3. The molecule has 0 radical (unpaired) electrons. The fourth-order valence-electron chi connectivity index (χ4n) is 4.19. The lowest BCUT2D eigenvalue weighted by molar-refractivity contribution is 0.0958. The first-order valence-electron chi connectivity index (χ1n) is 10.8. The molecule has 0 bridgehead atoms. The predicted molar refractivity (Wildman–Crippen MR) is 121 cm³/mol. The third kappa shape index (κ3) is 5.37. The molecule has 0 unspecified atom stereocenters. The van der Waals surface area contributed by atoms with E-state index >= 15 is 0 Å². The molecule has 33 heavy (non-hydrogen) atoms. The fraction of sp³-hybridized carbons (Fsp3) is 0.269. The summed E-state index contributed by atoms with van der Waals surface area (Å²) < 4.78 is 46.0. The Morgan fingerprint density at radius 1 is 0.939 bits per heavy atom. The molecule has 0 atom stereocenters. The van der Waals surface area contributed by atoms with E-state index in [1.807, 2.05) is 0 Å². The molecule has 0 spiro atoms. The van der Waals surface area contributed by atoms with Gasteiger partial charge in [0.1, 0.15) is 23.2 Å². The Hall–Kier alpha value is -3.32. The molecule has 3 aromatic rings. The van der Waals surface area contributed by atoms with Gasteiger partial charge < -0.3 is 9.64 Å². The number of halogens is 3. The van der Waals surface area contributed by atoms with Crippen molar-refractivity contribution in [1.82, 2.24) is 4.90 Å². The number of hydrogen-bond donors (Lipinski definition) is 0. The van der Waals surface area contributed by atoms with Gasteiger partial charge in [0.15, 0.2) is 0 Å². The highest BCUT2D eigenvalue weighted by Crippen LogP contribution is 2.28. The quantitative estimate of drug-likeness (QED) is 0.498. The summed E-state index contributed by atoms with van der Waals surface area (Å²) in [6.45, 7) is 1.67. The Kier molecular flexibility index (Phi) is 6.99. The number of anilines is 1. The standard InChI is InChI=1S/C26H25F3N2O2/c1-33-24-10-3-18(4-11-24)26(32)31(22-8-6-20(27)7-9-22)23-12-14-30(15-13-23)17-19-2-5-21(28)16-25(19)29/h2-11,16,23H,12-15,17H2,1H3. The first kappa shape index (κ1) is 22.9. The van der Waals surface area contributed by atoms with Crippen LogP contribution in [0, 0.1) is 17.5 Å². The lowest BCUT2D eigenvalue weighted by Gasteiger charge is -2.38. The molecule has 172 valence electrons. The van der Waals surface area contributed by atoms with E-state index in [1.165, 1.54) is 24.3 Å². The van der Waals surface area contributed by atoms with E-state index in [9.17, 15) is 18.0 Å². The molecule has 0 aromatic heterocycles. The van der Waals surface area contributed by atoms with E-state index in [1.54, 1.807) is 48.4 Å². The van der Waals surface area contributed by atoms with Crippen molar-refractivity contribution in [2.75, 3.05) is 25.1 Å². The van der Waals surface area contributed by atoms with E-state index in [0.29, 0.717) is 55.0 Å². The minimum absolute atomic E-state index is 0.0978. The summed E-state index contributed by atoms with van der Waals surface area (Å²) in [5.74, 6) is -1.04. The Labute approximate surface area is 191 Å². The van der Waals surface area contributed by atoms with Crippen molar-refractivity contribution in [3.8, 4) is 5.75 Å². The van der Waals surface area contributed by atoms with Gasteiger partial charge in [0.2, 0.25) is 0 Å². The molecule has 0 aliphatic carbocycles. The summed E-state index contributed by atoms with van der Waals surface area (Å²) in [5, 5.41) is 0. The lowest BCUT2D eigenvalue weighted by Crippen LogP contribution is -2.47. The molecule has 1 amide bonds. The maximum atomic E-state index is 14.1. The van der Waals surface area contributed by atoms with Gasteiger partial charge in [-0.3, -0.25) is 9.69 Å². The minimum atomic E-state index is -0.595. The maximum Gasteiger partial charge on any atom is 0.258 e. The number of piperidine rings is 1. The van der Waals surface area contributed by atoms with Crippen LogP contribution in [0.25, 0.3) is 0 Å². The lowest BCUT2D eigenvalue weighted by atomic mass is 10.00. The van der Waals surface area contributed by atoms with Crippen molar-refractivity contribution in [2.24, 2.45) is 0 Å². The summed E-state index contributed by atoms with van der Waals surface area (Å²) in [4.78, 5) is 17.3. The topological polar surface area (TPSA) is 32.8 Å². The average molecular weight is 454 g/mol. The second-order valence-electron chi connectivity index (χ2n) is 8.12. The van der Waals surface area contributed by atoms with Gasteiger partial charge in [-0.05, 0) is 67.4 Å². The van der Waals surface area contributed by atoms with Crippen LogP contribution in [0.4, 0.5) is 18.9 Å². The molecule has 7 heteroatoms. The number of rotatable bonds is 6. The summed E-state index contributed by atoms with van der Waals surface area (Å²) in [6, 6.07) is 16.3. The van der Waals surface area contributed by atoms with Crippen molar-refractivity contribution in [2.45, 2.75) is 25.4 Å². The molecule has 1 aliphatic rings. The van der Waals surface area contributed by atoms with Crippen molar-refractivity contribution in [1.29, 1.82) is 0 Å². The number of carbonyl (C=O) groups is 1. The molecular formula is C26H25F3N2O2. The van der Waals surface area contributed by atoms with Crippen molar-refractivity contribution >= 4 is 11.6 Å². The van der Waals surface area contributed by atoms with Gasteiger partial charge in [-0.15, -0.1) is 0 Å². The van der Waals surface area contributed by atoms with Crippen LogP contribution in [0.3, 0.4) is 0 Å². The van der Waals surface area contributed by atoms with Crippen molar-refractivity contribution in [3.63, 3.8) is 0 Å². The highest BCUT2D eigenvalue weighted by molar-refractivity contribution is 6.06. The van der Waals surface area contributed by atoms with Gasteiger partial charge >= 0.3 is 0 Å². The van der Waals surface area contributed by atoms with E-state index < -0.39 is 11.6 Å². The summed E-state index contributed by atoms with van der Waals surface area (Å²) in [7, 11) is 1.56. The molecule has 1 aliphatic heterocycles. The van der Waals surface area contributed by atoms with Gasteiger partial charge in [-0.2, -0.15) is 0 Å². The van der Waals surface area contributed by atoms with Crippen molar-refractivity contribution in [3.05, 3.63) is 95.3 Å². The first-order chi connectivity index (χ1) is 15.9. The number of likely N-dealkylation sites (tertiary alicyclic amines) is 1. The molecule has 1 heterocycles. The van der Waals surface area contributed by atoms with Crippen LogP contribution in [0.5, 0.6) is 5.75 Å². The second-order valence-corrected chi connectivity index (χ2v) is 8.12. The number of amides is 1. The Balaban J connectivity index is 1.51. The van der Waals surface area contributed by atoms with Crippen LogP contribution in [-0.4, -0.2) is 37.0 Å². The predicted octanol–water partition coefficient (Wildman–Crippen LogP) is 5.42. The van der Waals surface area contributed by atoms with E-state index in [-0.39, 0.29) is 17.8 Å². The minimum Gasteiger partial charge on any atom is -0.497 e. The number of carbonyl (C=O) groups excluding carboxylic acids is 1. The Morgan fingerprint density at radius 3 is 2.18 bits per heavy atom. The highest BCUT2D eigenvalue weighted by atomic mass is 19.1. The smallest absolute Gasteiger partial charge is 0.258 e. The third-order valence-corrected chi connectivity index (χ3v) is 5.99. The highest BCUT2D eigenvalue weighted by Gasteiger charge is 2.30. The molecule has 0 N–H and O–H groups in total. The number of ether oxygens (including phenoxy) is 1. The number of hydrogen-bond acceptors (Lipinski definition) is 3. The summed E-state index contributed by atoms with van der Waals surface area (Å²) >= 11 is 0. The molecule has 1 saturated heterocycles. The van der Waals surface area contributed by atoms with E-state index in [4.69, 9.17) is 4.74 Å². The summed E-state index contributed by atoms with van der Waals surface area (Å²) in [5.41, 5.74) is 1.58. The molecule has 0 saturated carbocycles. The van der Waals surface area contributed by atoms with Crippen LogP contribution >= 0.6 is 0 Å². The van der Waals surface area contributed by atoms with E-state index in [2.05, 4.69) is 4.90 Å². The normalized spacial score (nSPS) is 14.8. The van der Waals surface area contributed by atoms with Gasteiger partial charge in [-0.1, -0.05) is 6.07 Å². The van der Waals surface area contributed by atoms with Gasteiger partial charge in [-0.25, -0.2) is 13.2 Å². The largest absolute Gasteiger partial charge is 0.497 e. The second kappa shape index (κ2) is 10.1. The maximum absolute atomic E-state index is 14.1. The number of benzene rings is 3. The SMILES string of the molecule is COc1ccc(C(=O)N(c2ccc(F)cc2)C2CCN(Cc3ccc(F)cc3F)CC2)cc1. The number of nitrogens with zero attached hydrogens (tertiary/aromatic N) is 2. The average Bonchev–Trinajstić information content (AvgIpc) is 2.83. The Bertz CT molecular complexity index is 1100. The molecule has 1 fully saturated rings. The first-order valence-corrected chi connectivity index (χ1v) is 10.8. The zero-order valence-electron chi connectivity index (χ0n) is 18.3. The fourth-order valence-corrected chi connectivity index (χ4v) is 4.19.